The number of carboxylic acid groups (broad SMARTS) is 1. The molecule has 0 saturated carbocycles. The van der Waals surface area contributed by atoms with Gasteiger partial charge in [0, 0.05) is 17.8 Å². The van der Waals surface area contributed by atoms with Gasteiger partial charge in [0.1, 0.15) is 0 Å². The fraction of sp³-hybridized carbons (Fsp3) is 0.368. The summed E-state index contributed by atoms with van der Waals surface area (Å²) in [6.45, 7) is 3.75. The molecule has 0 aliphatic heterocycles. The molecule has 3 heteroatoms. The Labute approximate surface area is 132 Å². The van der Waals surface area contributed by atoms with Gasteiger partial charge in [-0.3, -0.25) is 9.78 Å². The van der Waals surface area contributed by atoms with Crippen LogP contribution in [0.5, 0.6) is 0 Å². The van der Waals surface area contributed by atoms with Crippen molar-refractivity contribution in [3.63, 3.8) is 0 Å². The standard InChI is InChI=1S/C19H23NO2/c1-15-8-6-12-17(20-15)14-19(2,18(21)22)13-7-11-16-9-4-3-5-10-16/h3-6,8-10,12H,7,11,13-14H2,1-2H3,(H,21,22). The molecule has 0 radical (unpaired) electrons. The van der Waals surface area contributed by atoms with Crippen LogP contribution in [-0.2, 0) is 17.6 Å². The van der Waals surface area contributed by atoms with E-state index in [1.807, 2.05) is 50.2 Å². The van der Waals surface area contributed by atoms with Gasteiger partial charge in [-0.05, 0) is 50.8 Å². The molecule has 0 bridgehead atoms. The molecule has 1 atom stereocenters. The highest BCUT2D eigenvalue weighted by atomic mass is 16.4. The average molecular weight is 297 g/mol. The largest absolute Gasteiger partial charge is 0.481 e. The smallest absolute Gasteiger partial charge is 0.309 e. The monoisotopic (exact) mass is 297 g/mol. The molecule has 3 nitrogen and oxygen atoms in total. The van der Waals surface area contributed by atoms with Gasteiger partial charge in [-0.1, -0.05) is 36.4 Å². The molecule has 1 unspecified atom stereocenters. The Kier molecular flexibility index (Phi) is 5.31. The van der Waals surface area contributed by atoms with Gasteiger partial charge < -0.3 is 5.11 Å². The van der Waals surface area contributed by atoms with E-state index in [-0.39, 0.29) is 0 Å². The summed E-state index contributed by atoms with van der Waals surface area (Å²) in [5.41, 5.74) is 2.26. The van der Waals surface area contributed by atoms with Crippen LogP contribution in [-0.4, -0.2) is 16.1 Å². The lowest BCUT2D eigenvalue weighted by Crippen LogP contribution is -2.30. The van der Waals surface area contributed by atoms with Crippen molar-refractivity contribution in [3.05, 3.63) is 65.5 Å². The summed E-state index contributed by atoms with van der Waals surface area (Å²) in [5, 5.41) is 9.63. The third kappa shape index (κ3) is 4.42. The molecule has 116 valence electrons. The zero-order valence-electron chi connectivity index (χ0n) is 13.2. The number of nitrogens with zero attached hydrogens (tertiary/aromatic N) is 1. The zero-order valence-corrected chi connectivity index (χ0v) is 13.2. The Bertz CT molecular complexity index is 624. The maximum absolute atomic E-state index is 11.7. The molecule has 1 heterocycles. The lowest BCUT2D eigenvalue weighted by molar-refractivity contribution is -0.148. The molecule has 0 spiro atoms. The Hall–Kier alpha value is -2.16. The van der Waals surface area contributed by atoms with E-state index in [9.17, 15) is 9.90 Å². The first-order valence-corrected chi connectivity index (χ1v) is 7.69. The molecule has 0 amide bonds. The molecular weight excluding hydrogens is 274 g/mol. The van der Waals surface area contributed by atoms with Gasteiger partial charge >= 0.3 is 5.97 Å². The van der Waals surface area contributed by atoms with Gasteiger partial charge in [0.05, 0.1) is 5.41 Å². The van der Waals surface area contributed by atoms with Gasteiger partial charge in [-0.25, -0.2) is 0 Å². The number of hydrogen-bond donors (Lipinski definition) is 1. The average Bonchev–Trinajstić information content (AvgIpc) is 2.48. The molecule has 1 aromatic heterocycles. The minimum Gasteiger partial charge on any atom is -0.481 e. The van der Waals surface area contributed by atoms with E-state index in [0.29, 0.717) is 12.8 Å². The maximum Gasteiger partial charge on any atom is 0.309 e. The van der Waals surface area contributed by atoms with Crippen LogP contribution in [0.2, 0.25) is 0 Å². The molecule has 2 aromatic rings. The number of carboxylic acids is 1. The number of aliphatic carboxylic acids is 1. The molecule has 0 aliphatic carbocycles. The van der Waals surface area contributed by atoms with Crippen molar-refractivity contribution < 1.29 is 9.90 Å². The van der Waals surface area contributed by atoms with Crippen LogP contribution in [0.15, 0.2) is 48.5 Å². The highest BCUT2D eigenvalue weighted by molar-refractivity contribution is 5.74. The maximum atomic E-state index is 11.7. The first-order valence-electron chi connectivity index (χ1n) is 7.69. The van der Waals surface area contributed by atoms with E-state index in [0.717, 1.165) is 24.2 Å². The topological polar surface area (TPSA) is 50.2 Å². The van der Waals surface area contributed by atoms with Crippen molar-refractivity contribution >= 4 is 5.97 Å². The zero-order chi connectivity index (χ0) is 16.0. The third-order valence-corrected chi connectivity index (χ3v) is 4.07. The van der Waals surface area contributed by atoms with Crippen LogP contribution >= 0.6 is 0 Å². The highest BCUT2D eigenvalue weighted by Gasteiger charge is 2.33. The summed E-state index contributed by atoms with van der Waals surface area (Å²) in [6.07, 6.45) is 2.88. The minimum atomic E-state index is -0.768. The number of carbonyl (C=O) groups is 1. The van der Waals surface area contributed by atoms with Crippen LogP contribution in [0.4, 0.5) is 0 Å². The van der Waals surface area contributed by atoms with Crippen LogP contribution in [0.25, 0.3) is 0 Å². The Morgan fingerprint density at radius 2 is 1.86 bits per heavy atom. The quantitative estimate of drug-likeness (QED) is 0.839. The second-order valence-corrected chi connectivity index (χ2v) is 6.15. The first-order chi connectivity index (χ1) is 10.5. The summed E-state index contributed by atoms with van der Waals surface area (Å²) in [6, 6.07) is 16.0. The van der Waals surface area contributed by atoms with E-state index in [1.165, 1.54) is 5.56 Å². The van der Waals surface area contributed by atoms with E-state index in [2.05, 4.69) is 17.1 Å². The van der Waals surface area contributed by atoms with E-state index in [4.69, 9.17) is 0 Å². The van der Waals surface area contributed by atoms with Gasteiger partial charge in [0.25, 0.3) is 0 Å². The fourth-order valence-corrected chi connectivity index (χ4v) is 2.70. The molecule has 0 aliphatic rings. The molecule has 1 aromatic carbocycles. The van der Waals surface area contributed by atoms with Crippen LogP contribution in [0, 0.1) is 12.3 Å². The van der Waals surface area contributed by atoms with Gasteiger partial charge in [-0.15, -0.1) is 0 Å². The van der Waals surface area contributed by atoms with Crippen molar-refractivity contribution in [1.29, 1.82) is 0 Å². The van der Waals surface area contributed by atoms with Gasteiger partial charge in [-0.2, -0.15) is 0 Å². The summed E-state index contributed by atoms with van der Waals surface area (Å²) in [4.78, 5) is 16.2. The lowest BCUT2D eigenvalue weighted by Gasteiger charge is -2.24. The second-order valence-electron chi connectivity index (χ2n) is 6.15. The second kappa shape index (κ2) is 7.21. The lowest BCUT2D eigenvalue weighted by atomic mass is 9.80. The van der Waals surface area contributed by atoms with Crippen molar-refractivity contribution in [2.75, 3.05) is 0 Å². The number of aromatic nitrogens is 1. The van der Waals surface area contributed by atoms with Crippen LogP contribution in [0.1, 0.15) is 36.7 Å². The number of benzene rings is 1. The van der Waals surface area contributed by atoms with Gasteiger partial charge in [0.2, 0.25) is 0 Å². The number of pyridine rings is 1. The van der Waals surface area contributed by atoms with E-state index < -0.39 is 11.4 Å². The third-order valence-electron chi connectivity index (χ3n) is 4.07. The first kappa shape index (κ1) is 16.2. The van der Waals surface area contributed by atoms with Crippen molar-refractivity contribution in [2.45, 2.75) is 39.5 Å². The van der Waals surface area contributed by atoms with Crippen LogP contribution in [0.3, 0.4) is 0 Å². The minimum absolute atomic E-state index is 0.471. The van der Waals surface area contributed by atoms with Crippen molar-refractivity contribution in [1.82, 2.24) is 4.98 Å². The molecule has 1 N–H and O–H groups in total. The van der Waals surface area contributed by atoms with E-state index in [1.54, 1.807) is 0 Å². The van der Waals surface area contributed by atoms with Gasteiger partial charge in [0.15, 0.2) is 0 Å². The molecule has 22 heavy (non-hydrogen) atoms. The summed E-state index contributed by atoms with van der Waals surface area (Å²) >= 11 is 0. The SMILES string of the molecule is Cc1cccc(CC(C)(CCCc2ccccc2)C(=O)O)n1. The number of hydrogen-bond acceptors (Lipinski definition) is 2. The predicted molar refractivity (Wildman–Crippen MR) is 87.8 cm³/mol. The van der Waals surface area contributed by atoms with Crippen molar-refractivity contribution in [2.24, 2.45) is 5.41 Å². The molecule has 2 rings (SSSR count). The molecule has 0 saturated heterocycles. The molecular formula is C19H23NO2. The Morgan fingerprint density at radius 3 is 2.50 bits per heavy atom. The summed E-state index contributed by atoms with van der Waals surface area (Å²) < 4.78 is 0. The Balaban J connectivity index is 2.00. The Morgan fingerprint density at radius 1 is 1.14 bits per heavy atom. The van der Waals surface area contributed by atoms with Crippen molar-refractivity contribution in [3.8, 4) is 0 Å². The summed E-state index contributed by atoms with van der Waals surface area (Å²) in [5.74, 6) is -0.746. The van der Waals surface area contributed by atoms with Crippen LogP contribution < -0.4 is 0 Å². The fourth-order valence-electron chi connectivity index (χ4n) is 2.70. The summed E-state index contributed by atoms with van der Waals surface area (Å²) in [7, 11) is 0. The van der Waals surface area contributed by atoms with E-state index >= 15 is 0 Å². The predicted octanol–water partition coefficient (Wildman–Crippen LogP) is 4.05. The number of rotatable bonds is 7. The highest BCUT2D eigenvalue weighted by Crippen LogP contribution is 2.29. The normalized spacial score (nSPS) is 13.5. The molecule has 0 fully saturated rings. The number of aryl methyl sites for hydroxylation is 2.